The highest BCUT2D eigenvalue weighted by atomic mass is 32.1. The summed E-state index contributed by atoms with van der Waals surface area (Å²) in [6.07, 6.45) is 1.32. The van der Waals surface area contributed by atoms with Gasteiger partial charge in [-0.3, -0.25) is 0 Å². The molecule has 1 saturated heterocycles. The first-order chi connectivity index (χ1) is 8.66. The molecule has 2 atom stereocenters. The molecule has 0 aliphatic carbocycles. The van der Waals surface area contributed by atoms with Gasteiger partial charge in [0.05, 0.1) is 11.7 Å². The molecular formula is C13H15NO3S. The molecule has 0 radical (unpaired) electrons. The van der Waals surface area contributed by atoms with Crippen LogP contribution in [0.1, 0.15) is 23.2 Å². The summed E-state index contributed by atoms with van der Waals surface area (Å²) in [7, 11) is 0. The summed E-state index contributed by atoms with van der Waals surface area (Å²) < 4.78 is 10.8. The summed E-state index contributed by atoms with van der Waals surface area (Å²) in [5.41, 5.74) is 6.05. The molecule has 0 unspecified atom stereocenters. The van der Waals surface area contributed by atoms with Crippen molar-refractivity contribution in [3.8, 4) is 0 Å². The summed E-state index contributed by atoms with van der Waals surface area (Å²) in [6.45, 7) is 0.243. The van der Waals surface area contributed by atoms with Gasteiger partial charge in [0.2, 0.25) is 0 Å². The summed E-state index contributed by atoms with van der Waals surface area (Å²) in [4.78, 5) is 12.1. The molecule has 0 amide bonds. The molecule has 0 saturated carbocycles. The maximum atomic E-state index is 11.7. The van der Waals surface area contributed by atoms with Crippen molar-refractivity contribution in [2.45, 2.75) is 25.0 Å². The molecule has 1 aliphatic rings. The Kier molecular flexibility index (Phi) is 4.28. The molecule has 1 fully saturated rings. The maximum absolute atomic E-state index is 11.7. The zero-order valence-corrected chi connectivity index (χ0v) is 10.7. The second kappa shape index (κ2) is 5.93. The van der Waals surface area contributed by atoms with Crippen LogP contribution in [0.25, 0.3) is 0 Å². The third-order valence-corrected chi connectivity index (χ3v) is 3.10. The molecule has 0 spiro atoms. The molecule has 18 heavy (non-hydrogen) atoms. The topological polar surface area (TPSA) is 61.5 Å². The summed E-state index contributed by atoms with van der Waals surface area (Å²) in [5.74, 6) is -0.335. The zero-order chi connectivity index (χ0) is 13.0. The maximum Gasteiger partial charge on any atom is 0.338 e. The first kappa shape index (κ1) is 13.0. The average molecular weight is 265 g/mol. The van der Waals surface area contributed by atoms with Gasteiger partial charge in [-0.25, -0.2) is 4.79 Å². The van der Waals surface area contributed by atoms with Crippen molar-refractivity contribution in [1.29, 1.82) is 0 Å². The number of hydrogen-bond donors (Lipinski definition) is 1. The minimum Gasteiger partial charge on any atom is -0.459 e. The fourth-order valence-corrected chi connectivity index (χ4v) is 2.04. The highest BCUT2D eigenvalue weighted by Crippen LogP contribution is 2.20. The van der Waals surface area contributed by atoms with E-state index in [1.54, 1.807) is 24.3 Å². The minimum atomic E-state index is -0.335. The highest BCUT2D eigenvalue weighted by Gasteiger charge is 2.28. The lowest BCUT2D eigenvalue weighted by Gasteiger charge is -2.13. The third kappa shape index (κ3) is 3.27. The van der Waals surface area contributed by atoms with Gasteiger partial charge >= 0.3 is 5.97 Å². The Hall–Kier alpha value is -1.46. The van der Waals surface area contributed by atoms with Crippen LogP contribution in [-0.4, -0.2) is 29.8 Å². The summed E-state index contributed by atoms with van der Waals surface area (Å²) >= 11 is 4.87. The largest absolute Gasteiger partial charge is 0.459 e. The van der Waals surface area contributed by atoms with Gasteiger partial charge in [-0.15, -0.1) is 0 Å². The first-order valence-corrected chi connectivity index (χ1v) is 6.24. The molecule has 2 rings (SSSR count). The molecule has 5 heteroatoms. The van der Waals surface area contributed by atoms with Crippen LogP contribution in [0.3, 0.4) is 0 Å². The average Bonchev–Trinajstić information content (AvgIpc) is 2.86. The van der Waals surface area contributed by atoms with E-state index in [4.69, 9.17) is 27.4 Å². The number of thiocarbonyl (C=S) groups is 1. The van der Waals surface area contributed by atoms with Crippen LogP contribution in [0.15, 0.2) is 30.3 Å². The fourth-order valence-electron chi connectivity index (χ4n) is 1.86. The SMILES string of the molecule is NC(=S)[C@H]1CC[C@@H](COC(=O)c2ccccc2)O1. The lowest BCUT2D eigenvalue weighted by molar-refractivity contribution is 0.00740. The Balaban J connectivity index is 1.79. The molecule has 0 aromatic heterocycles. The van der Waals surface area contributed by atoms with E-state index in [1.807, 2.05) is 6.07 Å². The van der Waals surface area contributed by atoms with Crippen LogP contribution < -0.4 is 5.73 Å². The zero-order valence-electron chi connectivity index (χ0n) is 9.87. The van der Waals surface area contributed by atoms with E-state index in [0.717, 1.165) is 12.8 Å². The predicted octanol–water partition coefficient (Wildman–Crippen LogP) is 1.68. The molecule has 2 N–H and O–H groups in total. The van der Waals surface area contributed by atoms with Gasteiger partial charge in [0.15, 0.2) is 0 Å². The van der Waals surface area contributed by atoms with E-state index in [2.05, 4.69) is 0 Å². The van der Waals surface area contributed by atoms with Crippen molar-refractivity contribution in [2.75, 3.05) is 6.61 Å². The van der Waals surface area contributed by atoms with Gasteiger partial charge in [-0.2, -0.15) is 0 Å². The second-order valence-electron chi connectivity index (χ2n) is 4.19. The number of esters is 1. The van der Waals surface area contributed by atoms with Gasteiger partial charge in [-0.1, -0.05) is 30.4 Å². The monoisotopic (exact) mass is 265 g/mol. The molecule has 1 aromatic carbocycles. The molecule has 1 aliphatic heterocycles. The molecule has 96 valence electrons. The number of carbonyl (C=O) groups excluding carboxylic acids is 1. The van der Waals surface area contributed by atoms with Crippen LogP contribution in [0.2, 0.25) is 0 Å². The van der Waals surface area contributed by atoms with Gasteiger partial charge < -0.3 is 15.2 Å². The molecule has 1 aromatic rings. The van der Waals surface area contributed by atoms with Gasteiger partial charge in [0, 0.05) is 0 Å². The van der Waals surface area contributed by atoms with Gasteiger partial charge in [-0.05, 0) is 25.0 Å². The fraction of sp³-hybridized carbons (Fsp3) is 0.385. The van der Waals surface area contributed by atoms with E-state index in [1.165, 1.54) is 0 Å². The number of benzene rings is 1. The molecule has 4 nitrogen and oxygen atoms in total. The smallest absolute Gasteiger partial charge is 0.338 e. The van der Waals surface area contributed by atoms with Crippen molar-refractivity contribution in [3.63, 3.8) is 0 Å². The molecule has 1 heterocycles. The third-order valence-electron chi connectivity index (χ3n) is 2.83. The van der Waals surface area contributed by atoms with E-state index in [-0.39, 0.29) is 24.8 Å². The van der Waals surface area contributed by atoms with Crippen LogP contribution in [0, 0.1) is 0 Å². The summed E-state index contributed by atoms with van der Waals surface area (Å²) in [6, 6.07) is 8.88. The first-order valence-electron chi connectivity index (χ1n) is 5.84. The number of hydrogen-bond acceptors (Lipinski definition) is 4. The quantitative estimate of drug-likeness (QED) is 0.663. The lowest BCUT2D eigenvalue weighted by Crippen LogP contribution is -2.28. The lowest BCUT2D eigenvalue weighted by atomic mass is 10.2. The minimum absolute atomic E-state index is 0.107. The highest BCUT2D eigenvalue weighted by molar-refractivity contribution is 7.80. The number of nitrogens with two attached hydrogens (primary N) is 1. The van der Waals surface area contributed by atoms with Crippen LogP contribution in [0.4, 0.5) is 0 Å². The van der Waals surface area contributed by atoms with Crippen molar-refractivity contribution in [3.05, 3.63) is 35.9 Å². The standard InChI is InChI=1S/C13H15NO3S/c14-12(18)11-7-6-10(17-11)8-16-13(15)9-4-2-1-3-5-9/h1-5,10-11H,6-8H2,(H2,14,18)/t10-,11+/m0/s1. The normalized spacial score (nSPS) is 22.7. The van der Waals surface area contributed by atoms with E-state index >= 15 is 0 Å². The van der Waals surface area contributed by atoms with Gasteiger partial charge in [0.25, 0.3) is 0 Å². The van der Waals surface area contributed by atoms with E-state index in [0.29, 0.717) is 10.6 Å². The van der Waals surface area contributed by atoms with Crippen molar-refractivity contribution in [2.24, 2.45) is 5.73 Å². The van der Waals surface area contributed by atoms with Crippen LogP contribution in [-0.2, 0) is 9.47 Å². The summed E-state index contributed by atoms with van der Waals surface area (Å²) in [5, 5.41) is 0. The van der Waals surface area contributed by atoms with Crippen LogP contribution >= 0.6 is 12.2 Å². The Labute approximate surface area is 111 Å². The van der Waals surface area contributed by atoms with Crippen LogP contribution in [0.5, 0.6) is 0 Å². The van der Waals surface area contributed by atoms with Crippen molar-refractivity contribution >= 4 is 23.2 Å². The Morgan fingerprint density at radius 1 is 1.39 bits per heavy atom. The van der Waals surface area contributed by atoms with Gasteiger partial charge in [0.1, 0.15) is 17.7 Å². The number of ether oxygens (including phenoxy) is 2. The Morgan fingerprint density at radius 2 is 2.11 bits per heavy atom. The molecular weight excluding hydrogens is 250 g/mol. The second-order valence-corrected chi connectivity index (χ2v) is 4.66. The van der Waals surface area contributed by atoms with Crippen molar-refractivity contribution in [1.82, 2.24) is 0 Å². The van der Waals surface area contributed by atoms with E-state index in [9.17, 15) is 4.79 Å². The van der Waals surface area contributed by atoms with Crippen molar-refractivity contribution < 1.29 is 14.3 Å². The molecule has 0 bridgehead atoms. The van der Waals surface area contributed by atoms with E-state index < -0.39 is 0 Å². The predicted molar refractivity (Wildman–Crippen MR) is 71.4 cm³/mol. The number of carbonyl (C=O) groups is 1. The Bertz CT molecular complexity index is 435. The Morgan fingerprint density at radius 3 is 2.72 bits per heavy atom. The number of rotatable bonds is 4.